The molecule has 0 radical (unpaired) electrons. The number of rotatable bonds is 7. The van der Waals surface area contributed by atoms with Gasteiger partial charge in [-0.25, -0.2) is 9.78 Å². The standard InChI is InChI=1S/C28H31ClN6O3S/c1-33-25-23(24(36)32-26(33)37)34(15-18-8-4-2-5-9-18)27(39-28(17-30)12-6-3-7-13-28)35(25)16-22-31-20-14-19(29)10-11-21(20)38-22/h2,4-5,8-11,14,27H,3,6-7,12-13,15-17,30H2,1H3,(H,32,36,37). The largest absolute Gasteiger partial charge is 0.439 e. The van der Waals surface area contributed by atoms with Crippen LogP contribution >= 0.6 is 23.4 Å². The summed E-state index contributed by atoms with van der Waals surface area (Å²) in [5, 5.41) is 0.576. The zero-order chi connectivity index (χ0) is 27.1. The Kier molecular flexibility index (Phi) is 6.95. The Balaban J connectivity index is 1.49. The molecule has 2 aromatic heterocycles. The summed E-state index contributed by atoms with van der Waals surface area (Å²) in [6, 6.07) is 15.4. The minimum absolute atomic E-state index is 0.140. The van der Waals surface area contributed by atoms with E-state index < -0.39 is 11.2 Å². The Labute approximate surface area is 235 Å². The molecule has 11 heteroatoms. The van der Waals surface area contributed by atoms with Crippen molar-refractivity contribution in [3.63, 3.8) is 0 Å². The van der Waals surface area contributed by atoms with E-state index in [0.717, 1.165) is 31.2 Å². The zero-order valence-corrected chi connectivity index (χ0v) is 23.3. The van der Waals surface area contributed by atoms with Gasteiger partial charge in [0, 0.05) is 29.9 Å². The lowest BCUT2D eigenvalue weighted by Crippen LogP contribution is -2.47. The van der Waals surface area contributed by atoms with Crippen LogP contribution in [0.25, 0.3) is 11.1 Å². The third-order valence-electron chi connectivity index (χ3n) is 7.75. The number of aromatic nitrogens is 3. The van der Waals surface area contributed by atoms with Crippen LogP contribution in [0.3, 0.4) is 0 Å². The molecule has 3 heterocycles. The molecular formula is C28H31ClN6O3S. The molecule has 1 unspecified atom stereocenters. The van der Waals surface area contributed by atoms with Crippen molar-refractivity contribution < 1.29 is 4.42 Å². The van der Waals surface area contributed by atoms with Crippen molar-refractivity contribution in [2.45, 2.75) is 55.4 Å². The number of oxazole rings is 1. The average molecular weight is 567 g/mol. The summed E-state index contributed by atoms with van der Waals surface area (Å²) < 4.78 is 7.47. The van der Waals surface area contributed by atoms with Crippen molar-refractivity contribution in [2.75, 3.05) is 16.3 Å². The number of fused-ring (bicyclic) bond motifs is 2. The fourth-order valence-corrected chi connectivity index (χ4v) is 7.58. The number of H-pyrrole nitrogens is 1. The molecular weight excluding hydrogens is 536 g/mol. The molecule has 1 fully saturated rings. The van der Waals surface area contributed by atoms with Crippen molar-refractivity contribution in [2.24, 2.45) is 12.8 Å². The number of hydrogen-bond donors (Lipinski definition) is 2. The van der Waals surface area contributed by atoms with Crippen LogP contribution in [0.5, 0.6) is 0 Å². The van der Waals surface area contributed by atoms with Crippen LogP contribution in [0.15, 0.2) is 62.5 Å². The third kappa shape index (κ3) is 4.85. The number of nitrogens with one attached hydrogen (secondary N) is 1. The summed E-state index contributed by atoms with van der Waals surface area (Å²) >= 11 is 7.98. The predicted molar refractivity (Wildman–Crippen MR) is 156 cm³/mol. The van der Waals surface area contributed by atoms with Gasteiger partial charge in [0.05, 0.1) is 6.54 Å². The molecule has 0 bridgehead atoms. The molecule has 6 rings (SSSR count). The SMILES string of the molecule is Cn1c2c(c(=O)[nH]c1=O)N(Cc1ccccc1)C(SC1(CN)CCCCC1)N2Cc1nc2cc(Cl)ccc2o1. The highest BCUT2D eigenvalue weighted by atomic mass is 35.5. The van der Waals surface area contributed by atoms with Gasteiger partial charge in [-0.15, -0.1) is 11.8 Å². The predicted octanol–water partition coefficient (Wildman–Crippen LogP) is 4.57. The lowest BCUT2D eigenvalue weighted by Gasteiger charge is -2.42. The summed E-state index contributed by atoms with van der Waals surface area (Å²) in [5.41, 5.74) is 8.06. The van der Waals surface area contributed by atoms with E-state index in [1.807, 2.05) is 30.3 Å². The molecule has 2 aliphatic rings. The summed E-state index contributed by atoms with van der Waals surface area (Å²) in [7, 11) is 1.68. The summed E-state index contributed by atoms with van der Waals surface area (Å²) in [4.78, 5) is 37.6. The Hall–Kier alpha value is -3.21. The van der Waals surface area contributed by atoms with Gasteiger partial charge in [0.15, 0.2) is 11.1 Å². The maximum absolute atomic E-state index is 13.4. The second-order valence-electron chi connectivity index (χ2n) is 10.3. The van der Waals surface area contributed by atoms with Crippen molar-refractivity contribution in [3.05, 3.63) is 85.8 Å². The Morgan fingerprint density at radius 2 is 1.87 bits per heavy atom. The molecule has 2 aromatic carbocycles. The monoisotopic (exact) mass is 566 g/mol. The van der Waals surface area contributed by atoms with Gasteiger partial charge >= 0.3 is 5.69 Å². The van der Waals surface area contributed by atoms with Crippen LogP contribution in [-0.4, -0.2) is 31.3 Å². The Morgan fingerprint density at radius 1 is 1.10 bits per heavy atom. The minimum Gasteiger partial charge on any atom is -0.439 e. The number of hydrogen-bond acceptors (Lipinski definition) is 8. The maximum Gasteiger partial charge on any atom is 0.329 e. The number of benzene rings is 2. The first-order valence-electron chi connectivity index (χ1n) is 13.2. The average Bonchev–Trinajstić information content (AvgIpc) is 3.47. The number of thioether (sulfide) groups is 1. The molecule has 204 valence electrons. The van der Waals surface area contributed by atoms with Crippen molar-refractivity contribution in [1.82, 2.24) is 14.5 Å². The summed E-state index contributed by atoms with van der Waals surface area (Å²) in [6.07, 6.45) is 5.45. The fourth-order valence-electron chi connectivity index (χ4n) is 5.74. The lowest BCUT2D eigenvalue weighted by atomic mass is 9.88. The van der Waals surface area contributed by atoms with Crippen molar-refractivity contribution in [1.29, 1.82) is 0 Å². The van der Waals surface area contributed by atoms with Crippen LogP contribution in [0.1, 0.15) is 43.6 Å². The second-order valence-corrected chi connectivity index (χ2v) is 12.3. The molecule has 1 atom stereocenters. The molecule has 3 N–H and O–H groups in total. The highest BCUT2D eigenvalue weighted by molar-refractivity contribution is 8.01. The van der Waals surface area contributed by atoms with Crippen LogP contribution in [0.4, 0.5) is 11.5 Å². The topological polar surface area (TPSA) is 113 Å². The smallest absolute Gasteiger partial charge is 0.329 e. The summed E-state index contributed by atoms with van der Waals surface area (Å²) in [6.45, 7) is 1.29. The van der Waals surface area contributed by atoms with E-state index >= 15 is 0 Å². The molecule has 0 saturated heterocycles. The Bertz CT molecular complexity index is 1610. The number of aromatic amines is 1. The minimum atomic E-state index is -0.468. The van der Waals surface area contributed by atoms with E-state index in [4.69, 9.17) is 26.7 Å². The van der Waals surface area contributed by atoms with Gasteiger partial charge in [-0.3, -0.25) is 14.3 Å². The quantitative estimate of drug-likeness (QED) is 0.334. The van der Waals surface area contributed by atoms with Gasteiger partial charge in [0.25, 0.3) is 5.56 Å². The van der Waals surface area contributed by atoms with E-state index in [2.05, 4.69) is 14.8 Å². The molecule has 0 amide bonds. The van der Waals surface area contributed by atoms with Gasteiger partial charge in [-0.05, 0) is 36.6 Å². The molecule has 4 aromatic rings. The van der Waals surface area contributed by atoms with Gasteiger partial charge in [0.2, 0.25) is 5.89 Å². The van der Waals surface area contributed by atoms with E-state index in [1.54, 1.807) is 37.0 Å². The van der Waals surface area contributed by atoms with E-state index in [9.17, 15) is 9.59 Å². The van der Waals surface area contributed by atoms with Crippen LogP contribution in [0.2, 0.25) is 5.02 Å². The first kappa shape index (κ1) is 26.0. The van der Waals surface area contributed by atoms with Gasteiger partial charge < -0.3 is 20.0 Å². The van der Waals surface area contributed by atoms with E-state index in [1.165, 1.54) is 11.0 Å². The van der Waals surface area contributed by atoms with Crippen LogP contribution in [-0.2, 0) is 20.1 Å². The zero-order valence-electron chi connectivity index (χ0n) is 21.7. The number of anilines is 2. The molecule has 1 aliphatic heterocycles. The third-order valence-corrected chi connectivity index (χ3v) is 9.78. The van der Waals surface area contributed by atoms with E-state index in [0.29, 0.717) is 46.6 Å². The van der Waals surface area contributed by atoms with Crippen LogP contribution < -0.4 is 26.8 Å². The highest BCUT2D eigenvalue weighted by Gasteiger charge is 2.46. The van der Waals surface area contributed by atoms with Gasteiger partial charge in [-0.1, -0.05) is 61.2 Å². The number of halogens is 1. The molecule has 0 spiro atoms. The van der Waals surface area contributed by atoms with Crippen molar-refractivity contribution >= 4 is 46.0 Å². The highest BCUT2D eigenvalue weighted by Crippen LogP contribution is 2.49. The maximum atomic E-state index is 13.4. The van der Waals surface area contributed by atoms with Gasteiger partial charge in [0.1, 0.15) is 17.0 Å². The van der Waals surface area contributed by atoms with Crippen molar-refractivity contribution in [3.8, 4) is 0 Å². The normalized spacial score (nSPS) is 18.6. The van der Waals surface area contributed by atoms with Crippen LogP contribution in [0, 0.1) is 0 Å². The number of nitrogens with two attached hydrogens (primary N) is 1. The summed E-state index contributed by atoms with van der Waals surface area (Å²) in [5.74, 6) is 1.02. The van der Waals surface area contributed by atoms with Gasteiger partial charge in [-0.2, -0.15) is 0 Å². The van der Waals surface area contributed by atoms with E-state index in [-0.39, 0.29) is 16.8 Å². The molecule has 1 aliphatic carbocycles. The Morgan fingerprint density at radius 3 is 2.62 bits per heavy atom. The first-order valence-corrected chi connectivity index (χ1v) is 14.5. The number of nitrogens with zero attached hydrogens (tertiary/aromatic N) is 4. The molecule has 1 saturated carbocycles. The first-order chi connectivity index (χ1) is 18.9. The molecule has 39 heavy (non-hydrogen) atoms. The lowest BCUT2D eigenvalue weighted by molar-refractivity contribution is 0.401. The molecule has 9 nitrogen and oxygen atoms in total. The second kappa shape index (κ2) is 10.4. The fraction of sp³-hybridized carbons (Fsp3) is 0.393.